The molecule has 0 bridgehead atoms. The lowest BCUT2D eigenvalue weighted by Crippen LogP contribution is -2.30. The van der Waals surface area contributed by atoms with E-state index in [4.69, 9.17) is 37.0 Å². The van der Waals surface area contributed by atoms with E-state index in [9.17, 15) is 43.2 Å². The van der Waals surface area contributed by atoms with Crippen LogP contribution in [0.15, 0.2) is 0 Å². The van der Waals surface area contributed by atoms with Crippen molar-refractivity contribution in [2.45, 2.75) is 388 Å². The number of unbranched alkanes of at least 4 members (excludes halogenated alkanes) is 39. The summed E-state index contributed by atoms with van der Waals surface area (Å²) in [6.45, 7) is 11.8. The molecule has 0 radical (unpaired) electrons. The molecule has 0 saturated carbocycles. The van der Waals surface area contributed by atoms with Crippen molar-refractivity contribution >= 4 is 39.5 Å². The molecule has 0 aromatic carbocycles. The van der Waals surface area contributed by atoms with Gasteiger partial charge in [0.2, 0.25) is 0 Å². The molecule has 0 rings (SSSR count). The van der Waals surface area contributed by atoms with Gasteiger partial charge in [0.15, 0.2) is 12.2 Å². The van der Waals surface area contributed by atoms with Crippen molar-refractivity contribution in [3.05, 3.63) is 0 Å². The van der Waals surface area contributed by atoms with Gasteiger partial charge in [0.25, 0.3) is 0 Å². The van der Waals surface area contributed by atoms with E-state index in [0.29, 0.717) is 25.7 Å². The largest absolute Gasteiger partial charge is 0.472 e. The lowest BCUT2D eigenvalue weighted by molar-refractivity contribution is -0.161. The minimum absolute atomic E-state index is 0.105. The molecule has 0 fully saturated rings. The van der Waals surface area contributed by atoms with Crippen LogP contribution in [0, 0.1) is 17.8 Å². The zero-order valence-electron chi connectivity index (χ0n) is 60.0. The van der Waals surface area contributed by atoms with Crippen LogP contribution in [-0.2, 0) is 65.4 Å². The van der Waals surface area contributed by atoms with Crippen LogP contribution in [0.4, 0.5) is 0 Å². The number of hydrogen-bond acceptors (Lipinski definition) is 15. The van der Waals surface area contributed by atoms with Crippen molar-refractivity contribution < 1.29 is 80.2 Å². The van der Waals surface area contributed by atoms with Gasteiger partial charge in [-0.1, -0.05) is 318 Å². The second-order valence-corrected chi connectivity index (χ2v) is 30.7. The topological polar surface area (TPSA) is 237 Å². The fourth-order valence-corrected chi connectivity index (χ4v) is 12.7. The number of hydrogen-bond donors (Lipinski definition) is 3. The van der Waals surface area contributed by atoms with Crippen LogP contribution in [0.5, 0.6) is 0 Å². The van der Waals surface area contributed by atoms with Gasteiger partial charge in [0.1, 0.15) is 19.3 Å². The molecule has 3 N–H and O–H groups in total. The van der Waals surface area contributed by atoms with Crippen LogP contribution in [-0.4, -0.2) is 96.7 Å². The molecule has 92 heavy (non-hydrogen) atoms. The molecular formula is C73H142O17P2. The first-order valence-electron chi connectivity index (χ1n) is 37.8. The van der Waals surface area contributed by atoms with Gasteiger partial charge in [-0.2, -0.15) is 0 Å². The van der Waals surface area contributed by atoms with E-state index in [-0.39, 0.29) is 25.7 Å². The van der Waals surface area contributed by atoms with Gasteiger partial charge in [-0.15, -0.1) is 0 Å². The summed E-state index contributed by atoms with van der Waals surface area (Å²) in [5.74, 6) is 0.213. The second-order valence-electron chi connectivity index (χ2n) is 27.8. The Labute approximate surface area is 562 Å². The maximum Gasteiger partial charge on any atom is 0.472 e. The Morgan fingerprint density at radius 2 is 0.500 bits per heavy atom. The molecule has 0 aliphatic rings. The monoisotopic (exact) mass is 1350 g/mol. The summed E-state index contributed by atoms with van der Waals surface area (Å²) >= 11 is 0. The van der Waals surface area contributed by atoms with Crippen molar-refractivity contribution in [3.8, 4) is 0 Å². The number of carbonyl (C=O) groups is 4. The molecule has 5 atom stereocenters. The average molecular weight is 1350 g/mol. The van der Waals surface area contributed by atoms with E-state index in [0.717, 1.165) is 114 Å². The van der Waals surface area contributed by atoms with Gasteiger partial charge in [0, 0.05) is 25.7 Å². The fourth-order valence-electron chi connectivity index (χ4n) is 11.1. The summed E-state index contributed by atoms with van der Waals surface area (Å²) in [4.78, 5) is 72.4. The van der Waals surface area contributed by atoms with Gasteiger partial charge in [-0.05, 0) is 43.4 Å². The summed E-state index contributed by atoms with van der Waals surface area (Å²) in [6.07, 6.45) is 49.0. The Bertz CT molecular complexity index is 1800. The van der Waals surface area contributed by atoms with E-state index in [1.807, 2.05) is 0 Å². The first-order valence-corrected chi connectivity index (χ1v) is 40.8. The van der Waals surface area contributed by atoms with Crippen molar-refractivity contribution in [1.82, 2.24) is 0 Å². The number of aliphatic hydroxyl groups excluding tert-OH is 1. The number of aliphatic hydroxyl groups is 1. The highest BCUT2D eigenvalue weighted by Crippen LogP contribution is 2.45. The molecule has 0 heterocycles. The molecule has 546 valence electrons. The molecule has 0 saturated heterocycles. The van der Waals surface area contributed by atoms with Gasteiger partial charge in [-0.25, -0.2) is 9.13 Å². The van der Waals surface area contributed by atoms with E-state index in [1.54, 1.807) is 0 Å². The number of phosphoric acid groups is 2. The summed E-state index contributed by atoms with van der Waals surface area (Å²) in [7, 11) is -9.90. The van der Waals surface area contributed by atoms with Crippen LogP contribution in [0.3, 0.4) is 0 Å². The first-order chi connectivity index (χ1) is 44.2. The van der Waals surface area contributed by atoms with Gasteiger partial charge >= 0.3 is 39.5 Å². The summed E-state index contributed by atoms with van der Waals surface area (Å²) in [5, 5.41) is 10.6. The molecule has 2 unspecified atom stereocenters. The number of esters is 4. The van der Waals surface area contributed by atoms with Crippen LogP contribution in [0.1, 0.15) is 370 Å². The quantitative estimate of drug-likeness (QED) is 0.0222. The predicted molar refractivity (Wildman–Crippen MR) is 372 cm³/mol. The number of carbonyl (C=O) groups excluding carboxylic acids is 4. The van der Waals surface area contributed by atoms with E-state index in [2.05, 4.69) is 48.5 Å². The highest BCUT2D eigenvalue weighted by molar-refractivity contribution is 7.47. The third-order valence-corrected chi connectivity index (χ3v) is 18.8. The standard InChI is InChI=1S/C73H142O17P2/c1-8-9-10-37-47-54-70(75)83-60-68(89-72(77)57-50-43-36-30-24-18-21-27-33-40-46-53-66(6)7)62-87-91(79,80)85-58-67(74)59-86-92(81,82)88-63-69(61-84-71(76)55-48-41-34-28-23-17-20-26-32-39-45-52-65(4)5)90-73(78)56-49-42-35-29-22-16-14-12-11-13-15-19-25-31-38-44-51-64(2)3/h64-69,74H,8-63H2,1-7H3,(H,79,80)(H,81,82)/t67-,68+,69+/m0/s1. The van der Waals surface area contributed by atoms with Gasteiger partial charge in [0.05, 0.1) is 26.4 Å². The molecule has 0 amide bonds. The fraction of sp³-hybridized carbons (Fsp3) is 0.945. The first kappa shape index (κ1) is 90.1. The van der Waals surface area contributed by atoms with Gasteiger partial charge < -0.3 is 33.8 Å². The Morgan fingerprint density at radius 1 is 0.293 bits per heavy atom. The second kappa shape index (κ2) is 63.8. The third-order valence-electron chi connectivity index (χ3n) is 16.9. The number of ether oxygens (including phenoxy) is 4. The van der Waals surface area contributed by atoms with Crippen LogP contribution >= 0.6 is 15.6 Å². The molecule has 0 aromatic heterocycles. The summed E-state index contributed by atoms with van der Waals surface area (Å²) in [6, 6.07) is 0. The summed E-state index contributed by atoms with van der Waals surface area (Å²) in [5.41, 5.74) is 0. The SMILES string of the molecule is CCCCCCCC(=O)OC[C@H](COP(=O)(O)OC[C@H](O)COP(=O)(O)OC[C@@H](COC(=O)CCCCCCCCCCCCCC(C)C)OC(=O)CCCCCCCCCCCCCCCCCCC(C)C)OC(=O)CCCCCCCCCCCCCC(C)C. The highest BCUT2D eigenvalue weighted by Gasteiger charge is 2.30. The Kier molecular flexibility index (Phi) is 62.4. The normalized spacial score (nSPS) is 14.1. The minimum Gasteiger partial charge on any atom is -0.462 e. The number of phosphoric ester groups is 2. The third kappa shape index (κ3) is 66.7. The van der Waals surface area contributed by atoms with Crippen molar-refractivity contribution in [2.75, 3.05) is 39.6 Å². The van der Waals surface area contributed by atoms with Crippen LogP contribution in [0.25, 0.3) is 0 Å². The maximum atomic E-state index is 13.0. The lowest BCUT2D eigenvalue weighted by Gasteiger charge is -2.21. The van der Waals surface area contributed by atoms with Crippen LogP contribution in [0.2, 0.25) is 0 Å². The molecule has 0 aromatic rings. The minimum atomic E-state index is -4.95. The zero-order chi connectivity index (χ0) is 68.0. The zero-order valence-corrected chi connectivity index (χ0v) is 61.8. The van der Waals surface area contributed by atoms with E-state index < -0.39 is 97.5 Å². The highest BCUT2D eigenvalue weighted by atomic mass is 31.2. The molecule has 0 aliphatic carbocycles. The predicted octanol–water partition coefficient (Wildman–Crippen LogP) is 21.0. The maximum absolute atomic E-state index is 13.0. The molecule has 0 aliphatic heterocycles. The van der Waals surface area contributed by atoms with Crippen molar-refractivity contribution in [1.29, 1.82) is 0 Å². The van der Waals surface area contributed by atoms with E-state index in [1.165, 1.54) is 173 Å². The van der Waals surface area contributed by atoms with Crippen LogP contribution < -0.4 is 0 Å². The Morgan fingerprint density at radius 3 is 0.739 bits per heavy atom. The molecule has 19 heteroatoms. The lowest BCUT2D eigenvalue weighted by atomic mass is 10.0. The van der Waals surface area contributed by atoms with Crippen molar-refractivity contribution in [3.63, 3.8) is 0 Å². The summed E-state index contributed by atoms with van der Waals surface area (Å²) < 4.78 is 68.2. The molecular weight excluding hydrogens is 1210 g/mol. The molecule has 0 spiro atoms. The average Bonchev–Trinajstić information content (AvgIpc) is 3.03. The number of rotatable bonds is 71. The Balaban J connectivity index is 5.14. The van der Waals surface area contributed by atoms with Crippen molar-refractivity contribution in [2.24, 2.45) is 17.8 Å². The van der Waals surface area contributed by atoms with E-state index >= 15 is 0 Å². The van der Waals surface area contributed by atoms with Gasteiger partial charge in [-0.3, -0.25) is 37.3 Å². The Hall–Kier alpha value is -1.94. The molecule has 17 nitrogen and oxygen atoms in total. The smallest absolute Gasteiger partial charge is 0.462 e.